The fourth-order valence-corrected chi connectivity index (χ4v) is 4.21. The Kier molecular flexibility index (Phi) is 5.72. The summed E-state index contributed by atoms with van der Waals surface area (Å²) >= 11 is 0. The first kappa shape index (κ1) is 20.3. The van der Waals surface area contributed by atoms with E-state index in [1.165, 1.54) is 13.2 Å². The number of hydrogen-bond donors (Lipinski definition) is 2. The number of nitrogens with one attached hydrogen (secondary N) is 1. The molecule has 4 rings (SSSR count). The van der Waals surface area contributed by atoms with Gasteiger partial charge in [-0.3, -0.25) is 9.78 Å². The molecule has 1 aliphatic rings. The number of fused-ring (bicyclic) bond motifs is 1. The Labute approximate surface area is 174 Å². The largest absolute Gasteiger partial charge is 0.494 e. The van der Waals surface area contributed by atoms with E-state index in [-0.39, 0.29) is 17.7 Å². The summed E-state index contributed by atoms with van der Waals surface area (Å²) < 4.78 is 21.1. The molecule has 1 fully saturated rings. The number of halogens is 1. The van der Waals surface area contributed by atoms with Crippen LogP contribution in [0.1, 0.15) is 47.2 Å². The number of ether oxygens (including phenoxy) is 1. The van der Waals surface area contributed by atoms with Crippen LogP contribution in [-0.4, -0.2) is 39.8 Å². The highest BCUT2D eigenvalue weighted by Crippen LogP contribution is 2.26. The van der Waals surface area contributed by atoms with E-state index in [0.717, 1.165) is 35.9 Å². The molecular weight excluding hydrogens is 385 g/mol. The van der Waals surface area contributed by atoms with Crippen LogP contribution in [0.5, 0.6) is 5.75 Å². The second-order valence-corrected chi connectivity index (χ2v) is 7.90. The minimum Gasteiger partial charge on any atom is -0.494 e. The van der Waals surface area contributed by atoms with E-state index in [2.05, 4.69) is 10.3 Å². The van der Waals surface area contributed by atoms with Crippen molar-refractivity contribution in [2.75, 3.05) is 7.11 Å². The van der Waals surface area contributed by atoms with Gasteiger partial charge in [0.1, 0.15) is 5.52 Å². The highest BCUT2D eigenvalue weighted by atomic mass is 19.1. The second-order valence-electron chi connectivity index (χ2n) is 7.90. The first-order valence-electron chi connectivity index (χ1n) is 10.2. The number of hydrogen-bond acceptors (Lipinski definition) is 4. The third-order valence-electron chi connectivity index (χ3n) is 5.81. The predicted octanol–water partition coefficient (Wildman–Crippen LogP) is 3.57. The molecule has 3 aromatic rings. The highest BCUT2D eigenvalue weighted by molar-refractivity contribution is 6.06. The Bertz CT molecular complexity index is 1080. The summed E-state index contributed by atoms with van der Waals surface area (Å²) in [6.07, 6.45) is 6.36. The summed E-state index contributed by atoms with van der Waals surface area (Å²) in [5.74, 6) is -0.477. The number of aromatic nitrogens is 2. The third-order valence-corrected chi connectivity index (χ3v) is 5.81. The summed E-state index contributed by atoms with van der Waals surface area (Å²) in [6.45, 7) is 2.35. The maximum Gasteiger partial charge on any atom is 0.255 e. The average Bonchev–Trinajstić information content (AvgIpc) is 3.10. The molecule has 0 radical (unpaired) electrons. The third kappa shape index (κ3) is 3.89. The Hall–Kier alpha value is -2.93. The summed E-state index contributed by atoms with van der Waals surface area (Å²) in [5.41, 5.74) is 3.63. The molecule has 0 aliphatic heterocycles. The lowest BCUT2D eigenvalue weighted by Gasteiger charge is -2.28. The van der Waals surface area contributed by atoms with Gasteiger partial charge in [-0.05, 0) is 49.1 Å². The number of rotatable bonds is 5. The first-order chi connectivity index (χ1) is 14.5. The van der Waals surface area contributed by atoms with Crippen LogP contribution in [0.15, 0.2) is 36.7 Å². The normalized spacial score (nSPS) is 19.1. The van der Waals surface area contributed by atoms with Crippen LogP contribution >= 0.6 is 0 Å². The number of carbonyl (C=O) groups excluding carboxylic acids is 1. The van der Waals surface area contributed by atoms with Gasteiger partial charge < -0.3 is 19.7 Å². The smallest absolute Gasteiger partial charge is 0.255 e. The molecule has 2 heterocycles. The van der Waals surface area contributed by atoms with Crippen LogP contribution in [0.25, 0.3) is 11.0 Å². The van der Waals surface area contributed by atoms with Crippen molar-refractivity contribution in [1.29, 1.82) is 0 Å². The number of amides is 1. The predicted molar refractivity (Wildman–Crippen MR) is 112 cm³/mol. The standard InChI is InChI=1S/C23H26FN3O3/c1-14-9-10-25-21-16(23(29)26-18-5-3-4-6-19(18)28)13-27(22(14)21)12-15-7-8-20(30-2)17(24)11-15/h7-11,13,18-19,28H,3-6,12H2,1-2H3,(H,26,29)/t18?,19-/m0/s1. The summed E-state index contributed by atoms with van der Waals surface area (Å²) in [5, 5.41) is 13.2. The molecule has 1 amide bonds. The molecule has 0 spiro atoms. The molecule has 2 N–H and O–H groups in total. The van der Waals surface area contributed by atoms with E-state index in [9.17, 15) is 14.3 Å². The van der Waals surface area contributed by atoms with Gasteiger partial charge in [-0.1, -0.05) is 18.9 Å². The number of benzene rings is 1. The SMILES string of the molecule is COc1ccc(Cn2cc(C(=O)NC3CCCC[C@@H]3O)c3nccc(C)c32)cc1F. The summed E-state index contributed by atoms with van der Waals surface area (Å²) in [6, 6.07) is 6.48. The van der Waals surface area contributed by atoms with Crippen LogP contribution in [-0.2, 0) is 6.54 Å². The van der Waals surface area contributed by atoms with Crippen LogP contribution in [0, 0.1) is 12.7 Å². The van der Waals surface area contributed by atoms with Gasteiger partial charge in [0.25, 0.3) is 5.91 Å². The number of aliphatic hydroxyl groups excluding tert-OH is 1. The minimum absolute atomic E-state index is 0.195. The van der Waals surface area contributed by atoms with Gasteiger partial charge in [0.05, 0.1) is 30.3 Å². The van der Waals surface area contributed by atoms with Gasteiger partial charge in [0.2, 0.25) is 0 Å². The monoisotopic (exact) mass is 411 g/mol. The molecule has 1 aliphatic carbocycles. The minimum atomic E-state index is -0.520. The van der Waals surface area contributed by atoms with Crippen molar-refractivity contribution >= 4 is 16.9 Å². The Morgan fingerprint density at radius 3 is 2.87 bits per heavy atom. The van der Waals surface area contributed by atoms with Gasteiger partial charge in [0.15, 0.2) is 11.6 Å². The number of nitrogens with zero attached hydrogens (tertiary/aromatic N) is 2. The maximum absolute atomic E-state index is 14.1. The van der Waals surface area contributed by atoms with Crippen molar-refractivity contribution in [2.45, 2.75) is 51.3 Å². The van der Waals surface area contributed by atoms with Gasteiger partial charge in [0, 0.05) is 18.9 Å². The van der Waals surface area contributed by atoms with Crippen LogP contribution in [0.4, 0.5) is 4.39 Å². The Balaban J connectivity index is 1.67. The number of aryl methyl sites for hydroxylation is 1. The lowest BCUT2D eigenvalue weighted by molar-refractivity contribution is 0.0718. The van der Waals surface area contributed by atoms with E-state index in [1.54, 1.807) is 24.5 Å². The quantitative estimate of drug-likeness (QED) is 0.673. The van der Waals surface area contributed by atoms with Gasteiger partial charge >= 0.3 is 0 Å². The van der Waals surface area contributed by atoms with Crippen molar-refractivity contribution in [3.05, 3.63) is 59.2 Å². The Morgan fingerprint density at radius 2 is 2.13 bits per heavy atom. The van der Waals surface area contributed by atoms with Crippen LogP contribution in [0.3, 0.4) is 0 Å². The molecule has 30 heavy (non-hydrogen) atoms. The van der Waals surface area contributed by atoms with E-state index in [1.807, 2.05) is 17.6 Å². The van der Waals surface area contributed by atoms with Crippen molar-refractivity contribution in [3.8, 4) is 5.75 Å². The van der Waals surface area contributed by atoms with Crippen molar-refractivity contribution in [3.63, 3.8) is 0 Å². The molecule has 2 aromatic heterocycles. The molecule has 0 saturated heterocycles. The highest BCUT2D eigenvalue weighted by Gasteiger charge is 2.26. The van der Waals surface area contributed by atoms with E-state index in [0.29, 0.717) is 24.0 Å². The zero-order chi connectivity index (χ0) is 21.3. The lowest BCUT2D eigenvalue weighted by atomic mass is 9.92. The summed E-state index contributed by atoms with van der Waals surface area (Å²) in [7, 11) is 1.43. The fraction of sp³-hybridized carbons (Fsp3) is 0.391. The van der Waals surface area contributed by atoms with Crippen molar-refractivity contribution in [1.82, 2.24) is 14.9 Å². The zero-order valence-electron chi connectivity index (χ0n) is 17.2. The van der Waals surface area contributed by atoms with Gasteiger partial charge in [-0.25, -0.2) is 4.39 Å². The molecule has 7 heteroatoms. The lowest BCUT2D eigenvalue weighted by Crippen LogP contribution is -2.45. The number of methoxy groups -OCH3 is 1. The van der Waals surface area contributed by atoms with Crippen LogP contribution < -0.4 is 10.1 Å². The molecule has 0 bridgehead atoms. The second kappa shape index (κ2) is 8.44. The number of pyridine rings is 1. The average molecular weight is 411 g/mol. The molecule has 158 valence electrons. The van der Waals surface area contributed by atoms with Gasteiger partial charge in [-0.15, -0.1) is 0 Å². The maximum atomic E-state index is 14.1. The van der Waals surface area contributed by atoms with Crippen LogP contribution in [0.2, 0.25) is 0 Å². The molecule has 6 nitrogen and oxygen atoms in total. The van der Waals surface area contributed by atoms with Gasteiger partial charge in [-0.2, -0.15) is 0 Å². The summed E-state index contributed by atoms with van der Waals surface area (Å²) in [4.78, 5) is 17.5. The molecular formula is C23H26FN3O3. The van der Waals surface area contributed by atoms with E-state index < -0.39 is 11.9 Å². The molecule has 1 unspecified atom stereocenters. The number of aliphatic hydroxyl groups is 1. The fourth-order valence-electron chi connectivity index (χ4n) is 4.21. The van der Waals surface area contributed by atoms with E-state index in [4.69, 9.17) is 4.74 Å². The van der Waals surface area contributed by atoms with Crippen molar-refractivity contribution < 1.29 is 19.0 Å². The zero-order valence-corrected chi connectivity index (χ0v) is 17.2. The topological polar surface area (TPSA) is 76.4 Å². The van der Waals surface area contributed by atoms with Crippen molar-refractivity contribution in [2.24, 2.45) is 0 Å². The number of carbonyl (C=O) groups is 1. The first-order valence-corrected chi connectivity index (χ1v) is 10.2. The molecule has 1 aromatic carbocycles. The van der Waals surface area contributed by atoms with E-state index >= 15 is 0 Å². The molecule has 2 atom stereocenters. The molecule has 1 saturated carbocycles. The Morgan fingerprint density at radius 1 is 1.33 bits per heavy atom.